The predicted octanol–water partition coefficient (Wildman–Crippen LogP) is 1.64. The minimum atomic E-state index is 1.05. The molecule has 1 nitrogen and oxygen atoms in total. The Morgan fingerprint density at radius 2 is 2.25 bits per heavy atom. The Hall–Kier alpha value is -0.720. The summed E-state index contributed by atoms with van der Waals surface area (Å²) in [5, 5.41) is 0. The molecule has 8 heavy (non-hydrogen) atoms. The van der Waals surface area contributed by atoms with Crippen molar-refractivity contribution in [3.05, 3.63) is 24.9 Å². The third-order valence-electron chi connectivity index (χ3n) is 0.975. The maximum Gasteiger partial charge on any atom is 0.0140 e. The lowest BCUT2D eigenvalue weighted by atomic mass is 10.5. The topological polar surface area (TPSA) is 3.24 Å². The Bertz CT molecular complexity index is 84.4. The van der Waals surface area contributed by atoms with Gasteiger partial charge in [0.15, 0.2) is 0 Å². The average molecular weight is 111 g/mol. The van der Waals surface area contributed by atoms with Crippen LogP contribution in [0.3, 0.4) is 0 Å². The molecule has 0 aliphatic heterocycles. The Balaban J connectivity index is 3.35. The molecule has 1 heteroatoms. The van der Waals surface area contributed by atoms with E-state index >= 15 is 0 Å². The van der Waals surface area contributed by atoms with Gasteiger partial charge in [-0.2, -0.15) is 0 Å². The summed E-state index contributed by atoms with van der Waals surface area (Å²) in [6.07, 6.45) is 5.68. The summed E-state index contributed by atoms with van der Waals surface area (Å²) in [4.78, 5) is 2.08. The smallest absolute Gasteiger partial charge is 0.0140 e. The van der Waals surface area contributed by atoms with E-state index in [-0.39, 0.29) is 0 Å². The average Bonchev–Trinajstić information content (AvgIpc) is 1.83. The van der Waals surface area contributed by atoms with Crippen LogP contribution in [0.2, 0.25) is 0 Å². The summed E-state index contributed by atoms with van der Waals surface area (Å²) < 4.78 is 0. The molecule has 0 spiro atoms. The summed E-state index contributed by atoms with van der Waals surface area (Å²) >= 11 is 0. The van der Waals surface area contributed by atoms with Crippen LogP contribution in [-0.4, -0.2) is 18.5 Å². The van der Waals surface area contributed by atoms with Gasteiger partial charge in [-0.05, 0) is 19.2 Å². The second-order valence-corrected chi connectivity index (χ2v) is 1.65. The van der Waals surface area contributed by atoms with Crippen molar-refractivity contribution in [3.8, 4) is 0 Å². The molecule has 0 rings (SSSR count). The normalized spacial score (nSPS) is 9.75. The molecule has 0 radical (unpaired) electrons. The molecule has 0 bridgehead atoms. The van der Waals surface area contributed by atoms with Gasteiger partial charge in [-0.15, -0.1) is 0 Å². The van der Waals surface area contributed by atoms with E-state index in [0.717, 1.165) is 6.54 Å². The van der Waals surface area contributed by atoms with E-state index in [1.165, 1.54) is 0 Å². The number of hydrogen-bond donors (Lipinski definition) is 0. The number of allylic oxidation sites excluding steroid dienone is 2. The second kappa shape index (κ2) is 4.44. The van der Waals surface area contributed by atoms with Crippen LogP contribution in [0.15, 0.2) is 24.9 Å². The minimum absolute atomic E-state index is 1.05. The van der Waals surface area contributed by atoms with E-state index in [9.17, 15) is 0 Å². The van der Waals surface area contributed by atoms with E-state index < -0.39 is 0 Å². The standard InChI is InChI=1S/C7H13N/c1-4-6-7-8(3)5-2/h4,6-7H,1,5H2,2-3H3/b7-6+. The monoisotopic (exact) mass is 111 g/mol. The van der Waals surface area contributed by atoms with Crippen molar-refractivity contribution < 1.29 is 0 Å². The second-order valence-electron chi connectivity index (χ2n) is 1.65. The van der Waals surface area contributed by atoms with E-state index in [1.807, 2.05) is 19.3 Å². The van der Waals surface area contributed by atoms with Gasteiger partial charge in [0.1, 0.15) is 0 Å². The molecular weight excluding hydrogens is 98.1 g/mol. The van der Waals surface area contributed by atoms with E-state index in [1.54, 1.807) is 6.08 Å². The molecule has 46 valence electrons. The molecule has 0 aliphatic carbocycles. The van der Waals surface area contributed by atoms with Crippen molar-refractivity contribution in [2.24, 2.45) is 0 Å². The molecule has 0 aromatic rings. The van der Waals surface area contributed by atoms with Crippen molar-refractivity contribution >= 4 is 0 Å². The van der Waals surface area contributed by atoms with Crippen LogP contribution in [0.4, 0.5) is 0 Å². The lowest BCUT2D eigenvalue weighted by Gasteiger charge is -2.07. The third kappa shape index (κ3) is 3.47. The summed E-state index contributed by atoms with van der Waals surface area (Å²) in [5.74, 6) is 0. The third-order valence-corrected chi connectivity index (χ3v) is 0.975. The first-order valence-corrected chi connectivity index (χ1v) is 2.80. The van der Waals surface area contributed by atoms with Crippen LogP contribution in [0.25, 0.3) is 0 Å². The number of nitrogens with zero attached hydrogens (tertiary/aromatic N) is 1. The molecule has 0 aromatic heterocycles. The van der Waals surface area contributed by atoms with Crippen LogP contribution in [-0.2, 0) is 0 Å². The first-order chi connectivity index (χ1) is 3.81. The SMILES string of the molecule is C=C/C=C/N(C)CC. The fourth-order valence-electron chi connectivity index (χ4n) is 0.313. The summed E-state index contributed by atoms with van der Waals surface area (Å²) in [6.45, 7) is 6.70. The van der Waals surface area contributed by atoms with Gasteiger partial charge in [0.2, 0.25) is 0 Å². The van der Waals surface area contributed by atoms with Crippen LogP contribution in [0, 0.1) is 0 Å². The molecule has 0 saturated carbocycles. The van der Waals surface area contributed by atoms with Gasteiger partial charge < -0.3 is 4.90 Å². The quantitative estimate of drug-likeness (QED) is 0.500. The summed E-state index contributed by atoms with van der Waals surface area (Å²) in [6, 6.07) is 0. The molecule has 0 amide bonds. The van der Waals surface area contributed by atoms with Crippen LogP contribution < -0.4 is 0 Å². The molecular formula is C7H13N. The Kier molecular flexibility index (Phi) is 4.04. The molecule has 0 heterocycles. The molecule has 0 aliphatic rings. The summed E-state index contributed by atoms with van der Waals surface area (Å²) in [7, 11) is 2.03. The van der Waals surface area contributed by atoms with Crippen LogP contribution in [0.1, 0.15) is 6.92 Å². The highest BCUT2D eigenvalue weighted by Crippen LogP contribution is 1.81. The maximum atomic E-state index is 3.55. The van der Waals surface area contributed by atoms with Crippen molar-refractivity contribution in [2.45, 2.75) is 6.92 Å². The first-order valence-electron chi connectivity index (χ1n) is 2.80. The fraction of sp³-hybridized carbons (Fsp3) is 0.429. The molecule has 0 unspecified atom stereocenters. The van der Waals surface area contributed by atoms with Crippen molar-refractivity contribution in [2.75, 3.05) is 13.6 Å². The Labute approximate surface area is 51.3 Å². The van der Waals surface area contributed by atoms with E-state index in [2.05, 4.69) is 18.4 Å². The zero-order valence-electron chi connectivity index (χ0n) is 5.59. The minimum Gasteiger partial charge on any atom is -0.381 e. The van der Waals surface area contributed by atoms with Gasteiger partial charge in [-0.1, -0.05) is 12.7 Å². The van der Waals surface area contributed by atoms with E-state index in [4.69, 9.17) is 0 Å². The van der Waals surface area contributed by atoms with Crippen LogP contribution >= 0.6 is 0 Å². The van der Waals surface area contributed by atoms with Gasteiger partial charge in [0.25, 0.3) is 0 Å². The van der Waals surface area contributed by atoms with Gasteiger partial charge in [-0.25, -0.2) is 0 Å². The molecule has 0 aromatic carbocycles. The highest BCUT2D eigenvalue weighted by molar-refractivity contribution is 4.95. The number of hydrogen-bond acceptors (Lipinski definition) is 1. The zero-order valence-corrected chi connectivity index (χ0v) is 5.59. The molecule has 0 fully saturated rings. The molecule has 0 N–H and O–H groups in total. The summed E-state index contributed by atoms with van der Waals surface area (Å²) in [5.41, 5.74) is 0. The molecule has 0 saturated heterocycles. The van der Waals surface area contributed by atoms with E-state index in [0.29, 0.717) is 0 Å². The van der Waals surface area contributed by atoms with Crippen molar-refractivity contribution in [1.29, 1.82) is 0 Å². The largest absolute Gasteiger partial charge is 0.381 e. The first kappa shape index (κ1) is 7.28. The van der Waals surface area contributed by atoms with Crippen molar-refractivity contribution in [1.82, 2.24) is 4.90 Å². The molecule has 0 atom stereocenters. The fourth-order valence-corrected chi connectivity index (χ4v) is 0.313. The lowest BCUT2D eigenvalue weighted by molar-refractivity contribution is 0.484. The van der Waals surface area contributed by atoms with Gasteiger partial charge >= 0.3 is 0 Å². The van der Waals surface area contributed by atoms with Crippen molar-refractivity contribution in [3.63, 3.8) is 0 Å². The Morgan fingerprint density at radius 3 is 2.62 bits per heavy atom. The predicted molar refractivity (Wildman–Crippen MR) is 37.6 cm³/mol. The Morgan fingerprint density at radius 1 is 1.62 bits per heavy atom. The van der Waals surface area contributed by atoms with Gasteiger partial charge in [0.05, 0.1) is 0 Å². The maximum absolute atomic E-state index is 3.55. The highest BCUT2D eigenvalue weighted by atomic mass is 15.1. The number of rotatable bonds is 3. The van der Waals surface area contributed by atoms with Gasteiger partial charge in [0, 0.05) is 13.6 Å². The van der Waals surface area contributed by atoms with Gasteiger partial charge in [-0.3, -0.25) is 0 Å². The highest BCUT2D eigenvalue weighted by Gasteiger charge is 1.77. The van der Waals surface area contributed by atoms with Crippen LogP contribution in [0.5, 0.6) is 0 Å². The lowest BCUT2D eigenvalue weighted by Crippen LogP contribution is -2.07. The zero-order chi connectivity index (χ0) is 6.41.